The summed E-state index contributed by atoms with van der Waals surface area (Å²) in [6, 6.07) is 7.96. The zero-order chi connectivity index (χ0) is 13.7. The van der Waals surface area contributed by atoms with E-state index >= 15 is 0 Å². The van der Waals surface area contributed by atoms with Crippen molar-refractivity contribution in [2.24, 2.45) is 5.92 Å². The number of rotatable bonds is 5. The first-order valence-corrected chi connectivity index (χ1v) is 7.35. The third-order valence-corrected chi connectivity index (χ3v) is 3.78. The predicted octanol–water partition coefficient (Wildman–Crippen LogP) is 2.40. The summed E-state index contributed by atoms with van der Waals surface area (Å²) < 4.78 is 6.43. The van der Waals surface area contributed by atoms with Gasteiger partial charge in [0, 0.05) is 29.9 Å². The molecule has 1 aliphatic heterocycles. The standard InChI is InChI=1S/C14H19BrN2O2/c1-10-13(5-8-19-10)14(18)17-7-6-16-12-4-2-3-11(15)9-12/h2-4,9-10,13,16H,5-8H2,1H3,(H,17,18)/t10-,13-/m0/s1. The molecule has 1 amide bonds. The molecule has 2 N–H and O–H groups in total. The maximum atomic E-state index is 11.9. The fourth-order valence-corrected chi connectivity index (χ4v) is 2.60. The molecule has 2 atom stereocenters. The van der Waals surface area contributed by atoms with Crippen molar-refractivity contribution >= 4 is 27.5 Å². The van der Waals surface area contributed by atoms with Crippen LogP contribution in [0.4, 0.5) is 5.69 Å². The highest BCUT2D eigenvalue weighted by Crippen LogP contribution is 2.20. The van der Waals surface area contributed by atoms with E-state index in [1.54, 1.807) is 0 Å². The fourth-order valence-electron chi connectivity index (χ4n) is 2.20. The summed E-state index contributed by atoms with van der Waals surface area (Å²) in [5.74, 6) is 0.104. The van der Waals surface area contributed by atoms with Gasteiger partial charge >= 0.3 is 0 Å². The van der Waals surface area contributed by atoms with Gasteiger partial charge in [0.1, 0.15) is 0 Å². The Labute approximate surface area is 122 Å². The number of hydrogen-bond donors (Lipinski definition) is 2. The topological polar surface area (TPSA) is 50.4 Å². The number of ether oxygens (including phenoxy) is 1. The van der Waals surface area contributed by atoms with Gasteiger partial charge in [0.15, 0.2) is 0 Å². The summed E-state index contributed by atoms with van der Waals surface area (Å²) >= 11 is 3.42. The van der Waals surface area contributed by atoms with Crippen molar-refractivity contribution in [3.8, 4) is 0 Å². The molecule has 1 aromatic rings. The van der Waals surface area contributed by atoms with E-state index in [9.17, 15) is 4.79 Å². The van der Waals surface area contributed by atoms with Gasteiger partial charge in [0.2, 0.25) is 5.91 Å². The molecular weight excluding hydrogens is 308 g/mol. The van der Waals surface area contributed by atoms with Gasteiger partial charge in [-0.05, 0) is 31.5 Å². The van der Waals surface area contributed by atoms with E-state index in [1.807, 2.05) is 31.2 Å². The van der Waals surface area contributed by atoms with Crippen LogP contribution in [0.1, 0.15) is 13.3 Å². The Morgan fingerprint density at radius 2 is 2.32 bits per heavy atom. The van der Waals surface area contributed by atoms with E-state index in [1.165, 1.54) is 0 Å². The van der Waals surface area contributed by atoms with Crippen LogP contribution in [0, 0.1) is 5.92 Å². The number of benzene rings is 1. The number of hydrogen-bond acceptors (Lipinski definition) is 3. The summed E-state index contributed by atoms with van der Waals surface area (Å²) in [7, 11) is 0. The lowest BCUT2D eigenvalue weighted by Crippen LogP contribution is -2.36. The zero-order valence-electron chi connectivity index (χ0n) is 11.0. The quantitative estimate of drug-likeness (QED) is 0.817. The van der Waals surface area contributed by atoms with Gasteiger partial charge in [-0.25, -0.2) is 0 Å². The van der Waals surface area contributed by atoms with Crippen LogP contribution in [-0.4, -0.2) is 31.7 Å². The van der Waals surface area contributed by atoms with Crippen molar-refractivity contribution in [1.29, 1.82) is 0 Å². The molecule has 0 spiro atoms. The lowest BCUT2D eigenvalue weighted by Gasteiger charge is -2.14. The molecule has 2 rings (SSSR count). The highest BCUT2D eigenvalue weighted by atomic mass is 79.9. The molecule has 1 heterocycles. The Balaban J connectivity index is 1.68. The number of halogens is 1. The molecule has 0 unspecified atom stereocenters. The lowest BCUT2D eigenvalue weighted by atomic mass is 10.0. The third-order valence-electron chi connectivity index (χ3n) is 3.29. The zero-order valence-corrected chi connectivity index (χ0v) is 12.6. The second-order valence-corrected chi connectivity index (χ2v) is 5.61. The average molecular weight is 327 g/mol. The van der Waals surface area contributed by atoms with E-state index < -0.39 is 0 Å². The Morgan fingerprint density at radius 1 is 1.47 bits per heavy atom. The maximum absolute atomic E-state index is 11.9. The van der Waals surface area contributed by atoms with Gasteiger partial charge in [-0.2, -0.15) is 0 Å². The van der Waals surface area contributed by atoms with Gasteiger partial charge in [-0.1, -0.05) is 22.0 Å². The minimum Gasteiger partial charge on any atom is -0.383 e. The van der Waals surface area contributed by atoms with E-state index in [0.29, 0.717) is 19.7 Å². The van der Waals surface area contributed by atoms with Crippen LogP contribution in [0.2, 0.25) is 0 Å². The van der Waals surface area contributed by atoms with Crippen molar-refractivity contribution in [2.45, 2.75) is 19.4 Å². The van der Waals surface area contributed by atoms with Crippen LogP contribution in [0.5, 0.6) is 0 Å². The number of amides is 1. The van der Waals surface area contributed by atoms with Crippen LogP contribution in [0.25, 0.3) is 0 Å². The largest absolute Gasteiger partial charge is 0.383 e. The molecule has 19 heavy (non-hydrogen) atoms. The van der Waals surface area contributed by atoms with Crippen molar-refractivity contribution in [1.82, 2.24) is 5.32 Å². The van der Waals surface area contributed by atoms with E-state index in [-0.39, 0.29) is 17.9 Å². The molecule has 1 fully saturated rings. The Hall–Kier alpha value is -1.07. The number of carbonyl (C=O) groups excluding carboxylic acids is 1. The van der Waals surface area contributed by atoms with Crippen LogP contribution >= 0.6 is 15.9 Å². The molecule has 4 nitrogen and oxygen atoms in total. The molecule has 1 aromatic carbocycles. The Morgan fingerprint density at radius 3 is 3.00 bits per heavy atom. The summed E-state index contributed by atoms with van der Waals surface area (Å²) in [6.45, 7) is 3.98. The second kappa shape index (κ2) is 6.91. The van der Waals surface area contributed by atoms with Crippen LogP contribution < -0.4 is 10.6 Å². The third kappa shape index (κ3) is 4.21. The number of nitrogens with one attached hydrogen (secondary N) is 2. The molecule has 0 aromatic heterocycles. The highest BCUT2D eigenvalue weighted by molar-refractivity contribution is 9.10. The molecular formula is C14H19BrN2O2. The Bertz CT molecular complexity index is 439. The Kier molecular flexibility index (Phi) is 5.22. The van der Waals surface area contributed by atoms with E-state index in [4.69, 9.17) is 4.74 Å². The first-order chi connectivity index (χ1) is 9.16. The molecule has 1 aliphatic rings. The summed E-state index contributed by atoms with van der Waals surface area (Å²) in [6.07, 6.45) is 0.865. The minimum atomic E-state index is 0.00543. The number of carbonyl (C=O) groups is 1. The number of anilines is 1. The van der Waals surface area contributed by atoms with Crippen LogP contribution in [-0.2, 0) is 9.53 Å². The van der Waals surface area contributed by atoms with Crippen LogP contribution in [0.3, 0.4) is 0 Å². The molecule has 0 saturated carbocycles. The monoisotopic (exact) mass is 326 g/mol. The van der Waals surface area contributed by atoms with Crippen molar-refractivity contribution in [3.63, 3.8) is 0 Å². The van der Waals surface area contributed by atoms with Gasteiger partial charge in [0.25, 0.3) is 0 Å². The normalized spacial score (nSPS) is 22.2. The second-order valence-electron chi connectivity index (χ2n) is 4.70. The summed E-state index contributed by atoms with van der Waals surface area (Å²) in [4.78, 5) is 11.9. The smallest absolute Gasteiger partial charge is 0.225 e. The first-order valence-electron chi connectivity index (χ1n) is 6.55. The molecule has 0 bridgehead atoms. The molecule has 0 radical (unpaired) electrons. The minimum absolute atomic E-state index is 0.00543. The highest BCUT2D eigenvalue weighted by Gasteiger charge is 2.30. The van der Waals surface area contributed by atoms with Crippen LogP contribution in [0.15, 0.2) is 28.7 Å². The van der Waals surface area contributed by atoms with Gasteiger partial charge in [-0.3, -0.25) is 4.79 Å². The van der Waals surface area contributed by atoms with Crippen molar-refractivity contribution in [2.75, 3.05) is 25.0 Å². The van der Waals surface area contributed by atoms with Crippen molar-refractivity contribution < 1.29 is 9.53 Å². The van der Waals surface area contributed by atoms with Crippen molar-refractivity contribution in [3.05, 3.63) is 28.7 Å². The fraction of sp³-hybridized carbons (Fsp3) is 0.500. The SMILES string of the molecule is C[C@@H]1OCC[C@@H]1C(=O)NCCNc1cccc(Br)c1. The lowest BCUT2D eigenvalue weighted by molar-refractivity contribution is -0.126. The molecule has 0 aliphatic carbocycles. The summed E-state index contributed by atoms with van der Waals surface area (Å²) in [5.41, 5.74) is 1.04. The first kappa shape index (κ1) is 14.3. The molecule has 5 heteroatoms. The summed E-state index contributed by atoms with van der Waals surface area (Å²) in [5, 5.41) is 6.21. The van der Waals surface area contributed by atoms with Gasteiger partial charge < -0.3 is 15.4 Å². The average Bonchev–Trinajstić information content (AvgIpc) is 2.81. The van der Waals surface area contributed by atoms with Gasteiger partial charge in [0.05, 0.1) is 12.0 Å². The molecule has 104 valence electrons. The maximum Gasteiger partial charge on any atom is 0.225 e. The molecule has 1 saturated heterocycles. The predicted molar refractivity (Wildman–Crippen MR) is 79.2 cm³/mol. The van der Waals surface area contributed by atoms with E-state index in [2.05, 4.69) is 26.6 Å². The van der Waals surface area contributed by atoms with Gasteiger partial charge in [-0.15, -0.1) is 0 Å². The van der Waals surface area contributed by atoms with E-state index in [0.717, 1.165) is 16.6 Å².